The average molecular weight is 454 g/mol. The van der Waals surface area contributed by atoms with Gasteiger partial charge in [0.2, 0.25) is 21.8 Å². The summed E-state index contributed by atoms with van der Waals surface area (Å²) in [5, 5.41) is 11.6. The van der Waals surface area contributed by atoms with E-state index in [1.165, 1.54) is 24.3 Å². The van der Waals surface area contributed by atoms with Crippen molar-refractivity contribution in [2.24, 2.45) is 0 Å². The van der Waals surface area contributed by atoms with Gasteiger partial charge in [0, 0.05) is 17.1 Å². The fourth-order valence-electron chi connectivity index (χ4n) is 2.73. The summed E-state index contributed by atoms with van der Waals surface area (Å²) in [6.45, 7) is 0. The number of hydroxylamine groups is 1. The van der Waals surface area contributed by atoms with Crippen molar-refractivity contribution in [3.05, 3.63) is 59.6 Å². The van der Waals surface area contributed by atoms with Crippen LogP contribution in [0.2, 0.25) is 5.02 Å². The zero-order chi connectivity index (χ0) is 22.0. The number of sulfonamides is 1. The van der Waals surface area contributed by atoms with Crippen LogP contribution in [-0.2, 0) is 19.6 Å². The molecule has 30 heavy (non-hydrogen) atoms. The minimum Gasteiger partial charge on any atom is -0.325 e. The molecule has 0 saturated heterocycles. The Balaban J connectivity index is 2.06. The van der Waals surface area contributed by atoms with Crippen molar-refractivity contribution in [3.8, 4) is 0 Å². The van der Waals surface area contributed by atoms with E-state index in [9.17, 15) is 18.0 Å². The fraction of sp³-hybridized carbons (Fsp3) is 0.300. The molecule has 0 spiro atoms. The van der Waals surface area contributed by atoms with Crippen molar-refractivity contribution in [1.82, 2.24) is 10.2 Å². The Morgan fingerprint density at radius 2 is 1.63 bits per heavy atom. The number of hydrogen-bond donors (Lipinski definition) is 4. The number of benzene rings is 2. The van der Waals surface area contributed by atoms with Gasteiger partial charge in [-0.2, -0.15) is 4.72 Å². The van der Waals surface area contributed by atoms with Crippen LogP contribution in [-0.4, -0.2) is 31.5 Å². The predicted octanol–water partition coefficient (Wildman–Crippen LogP) is 3.08. The molecule has 0 aromatic heterocycles. The van der Waals surface area contributed by atoms with Gasteiger partial charge in [-0.25, -0.2) is 13.9 Å². The van der Waals surface area contributed by atoms with E-state index in [-0.39, 0.29) is 17.7 Å². The number of amides is 2. The van der Waals surface area contributed by atoms with E-state index in [0.717, 1.165) is 0 Å². The lowest BCUT2D eigenvalue weighted by Gasteiger charge is -2.19. The minimum atomic E-state index is -3.94. The molecule has 0 aliphatic carbocycles. The fourth-order valence-corrected chi connectivity index (χ4v) is 4.09. The Bertz CT molecular complexity index is 937. The topological polar surface area (TPSA) is 125 Å². The average Bonchev–Trinajstić information content (AvgIpc) is 2.73. The second-order valence-electron chi connectivity index (χ2n) is 6.62. The molecule has 0 aliphatic heterocycles. The van der Waals surface area contributed by atoms with Gasteiger partial charge in [-0.15, -0.1) is 0 Å². The van der Waals surface area contributed by atoms with Gasteiger partial charge in [-0.3, -0.25) is 14.8 Å². The highest BCUT2D eigenvalue weighted by Crippen LogP contribution is 2.16. The van der Waals surface area contributed by atoms with E-state index in [2.05, 4.69) is 10.0 Å². The summed E-state index contributed by atoms with van der Waals surface area (Å²) < 4.78 is 27.9. The molecule has 0 aliphatic rings. The van der Waals surface area contributed by atoms with Crippen molar-refractivity contribution in [2.45, 2.75) is 43.0 Å². The van der Waals surface area contributed by atoms with Gasteiger partial charge in [0.25, 0.3) is 0 Å². The molecule has 2 aromatic carbocycles. The first-order valence-electron chi connectivity index (χ1n) is 9.38. The molecule has 0 saturated carbocycles. The molecule has 0 bridgehead atoms. The smallest absolute Gasteiger partial charge is 0.243 e. The van der Waals surface area contributed by atoms with Crippen LogP contribution in [0.1, 0.15) is 32.1 Å². The third kappa shape index (κ3) is 7.75. The number of halogens is 1. The highest BCUT2D eigenvalue weighted by Gasteiger charge is 2.25. The maximum atomic E-state index is 12.7. The van der Waals surface area contributed by atoms with Gasteiger partial charge >= 0.3 is 0 Å². The normalized spacial score (nSPS) is 12.2. The highest BCUT2D eigenvalue weighted by molar-refractivity contribution is 7.89. The number of rotatable bonds is 11. The molecule has 0 heterocycles. The summed E-state index contributed by atoms with van der Waals surface area (Å²) >= 11 is 5.82. The zero-order valence-electron chi connectivity index (χ0n) is 16.2. The summed E-state index contributed by atoms with van der Waals surface area (Å²) in [5.41, 5.74) is 2.11. The number of hydrogen-bond acceptors (Lipinski definition) is 5. The van der Waals surface area contributed by atoms with Crippen molar-refractivity contribution >= 4 is 39.1 Å². The molecular formula is C20H24ClN3O5S. The van der Waals surface area contributed by atoms with E-state index in [4.69, 9.17) is 16.8 Å². The van der Waals surface area contributed by atoms with Crippen molar-refractivity contribution < 1.29 is 23.2 Å². The quantitative estimate of drug-likeness (QED) is 0.236. The van der Waals surface area contributed by atoms with Crippen LogP contribution < -0.4 is 15.5 Å². The SMILES string of the molecule is O=C(CCCCC[C@H](NS(=O)(=O)c1ccc(Cl)cc1)C(=O)Nc1ccccc1)NO. The largest absolute Gasteiger partial charge is 0.325 e. The Labute approximate surface area is 180 Å². The van der Waals surface area contributed by atoms with Crippen LogP contribution in [0.25, 0.3) is 0 Å². The molecule has 0 fully saturated rings. The summed E-state index contributed by atoms with van der Waals surface area (Å²) in [4.78, 5) is 23.8. The van der Waals surface area contributed by atoms with Gasteiger partial charge in [0.15, 0.2) is 0 Å². The van der Waals surface area contributed by atoms with Crippen LogP contribution in [0.15, 0.2) is 59.5 Å². The first-order chi connectivity index (χ1) is 14.3. The lowest BCUT2D eigenvalue weighted by atomic mass is 10.1. The summed E-state index contributed by atoms with van der Waals surface area (Å²) in [6.07, 6.45) is 1.99. The Kier molecular flexibility index (Phi) is 9.25. The van der Waals surface area contributed by atoms with Crippen LogP contribution in [0.3, 0.4) is 0 Å². The van der Waals surface area contributed by atoms with Crippen LogP contribution in [0.5, 0.6) is 0 Å². The van der Waals surface area contributed by atoms with E-state index in [1.807, 2.05) is 0 Å². The molecule has 162 valence electrons. The van der Waals surface area contributed by atoms with Crippen molar-refractivity contribution in [3.63, 3.8) is 0 Å². The lowest BCUT2D eigenvalue weighted by Crippen LogP contribution is -2.43. The second-order valence-corrected chi connectivity index (χ2v) is 8.77. The summed E-state index contributed by atoms with van der Waals surface area (Å²) in [5.74, 6) is -0.969. The number of carbonyl (C=O) groups excluding carboxylic acids is 2. The Hall–Kier alpha value is -2.46. The molecular weight excluding hydrogens is 430 g/mol. The lowest BCUT2D eigenvalue weighted by molar-refractivity contribution is -0.129. The van der Waals surface area contributed by atoms with E-state index < -0.39 is 27.9 Å². The molecule has 4 N–H and O–H groups in total. The maximum Gasteiger partial charge on any atom is 0.243 e. The van der Waals surface area contributed by atoms with Gasteiger partial charge in [-0.05, 0) is 49.2 Å². The van der Waals surface area contributed by atoms with E-state index >= 15 is 0 Å². The first kappa shape index (κ1) is 23.8. The van der Waals surface area contributed by atoms with Gasteiger partial charge in [0.05, 0.1) is 4.90 Å². The van der Waals surface area contributed by atoms with Gasteiger partial charge in [0.1, 0.15) is 6.04 Å². The summed E-state index contributed by atoms with van der Waals surface area (Å²) in [6, 6.07) is 13.4. The minimum absolute atomic E-state index is 0.00373. The number of para-hydroxylation sites is 1. The highest BCUT2D eigenvalue weighted by atomic mass is 35.5. The maximum absolute atomic E-state index is 12.7. The third-order valence-corrected chi connectivity index (χ3v) is 6.04. The van der Waals surface area contributed by atoms with Gasteiger partial charge in [-0.1, -0.05) is 42.6 Å². The monoisotopic (exact) mass is 453 g/mol. The molecule has 2 aromatic rings. The first-order valence-corrected chi connectivity index (χ1v) is 11.2. The number of nitrogens with one attached hydrogen (secondary N) is 3. The number of carbonyl (C=O) groups is 2. The third-order valence-electron chi connectivity index (χ3n) is 4.30. The molecule has 2 rings (SSSR count). The number of anilines is 1. The second kappa shape index (κ2) is 11.7. The molecule has 10 heteroatoms. The molecule has 1 atom stereocenters. The summed E-state index contributed by atoms with van der Waals surface area (Å²) in [7, 11) is -3.94. The molecule has 0 unspecified atom stereocenters. The Morgan fingerprint density at radius 1 is 0.967 bits per heavy atom. The zero-order valence-corrected chi connectivity index (χ0v) is 17.7. The molecule has 0 radical (unpaired) electrons. The molecule has 8 nitrogen and oxygen atoms in total. The standard InChI is InChI=1S/C20H24ClN3O5S/c21-15-11-13-17(14-12-15)30(28,29)24-18(9-5-2-6-10-19(25)23-27)20(26)22-16-7-3-1-4-8-16/h1,3-4,7-8,11-14,18,24,27H,2,5-6,9-10H2,(H,22,26)(H,23,25)/t18-/m0/s1. The Morgan fingerprint density at radius 3 is 2.27 bits per heavy atom. The van der Waals surface area contributed by atoms with Crippen molar-refractivity contribution in [1.29, 1.82) is 0 Å². The van der Waals surface area contributed by atoms with E-state index in [0.29, 0.717) is 30.0 Å². The predicted molar refractivity (Wildman–Crippen MR) is 114 cm³/mol. The van der Waals surface area contributed by atoms with Crippen LogP contribution >= 0.6 is 11.6 Å². The van der Waals surface area contributed by atoms with Crippen LogP contribution in [0, 0.1) is 0 Å². The van der Waals surface area contributed by atoms with E-state index in [1.54, 1.807) is 35.8 Å². The number of unbranched alkanes of at least 4 members (excludes halogenated alkanes) is 2. The van der Waals surface area contributed by atoms with Crippen molar-refractivity contribution in [2.75, 3.05) is 5.32 Å². The van der Waals surface area contributed by atoms with Crippen LogP contribution in [0.4, 0.5) is 5.69 Å². The van der Waals surface area contributed by atoms with Gasteiger partial charge < -0.3 is 5.32 Å². The molecule has 2 amide bonds.